The molecule has 0 bridgehead atoms. The molecule has 1 saturated carbocycles. The molecule has 17 heavy (non-hydrogen) atoms. The Hall–Kier alpha value is -1.55. The SMILES string of the molecule is CN1C(=O)[C@@H](N)COc2cc(C3CC3)ccc21. The van der Waals surface area contributed by atoms with E-state index in [9.17, 15) is 4.79 Å². The van der Waals surface area contributed by atoms with Gasteiger partial charge < -0.3 is 15.4 Å². The van der Waals surface area contributed by atoms with E-state index in [1.165, 1.54) is 18.4 Å². The van der Waals surface area contributed by atoms with Crippen LogP contribution in [0.15, 0.2) is 18.2 Å². The Balaban J connectivity index is 2.00. The van der Waals surface area contributed by atoms with Gasteiger partial charge in [0.25, 0.3) is 0 Å². The molecular formula is C13H16N2O2. The van der Waals surface area contributed by atoms with Gasteiger partial charge in [0.1, 0.15) is 18.4 Å². The van der Waals surface area contributed by atoms with E-state index in [1.54, 1.807) is 11.9 Å². The molecule has 0 aromatic heterocycles. The van der Waals surface area contributed by atoms with Crippen molar-refractivity contribution in [2.45, 2.75) is 24.8 Å². The van der Waals surface area contributed by atoms with Crippen LogP contribution in [0.1, 0.15) is 24.3 Å². The third-order valence-electron chi connectivity index (χ3n) is 3.46. The summed E-state index contributed by atoms with van der Waals surface area (Å²) in [6, 6.07) is 5.52. The number of carbonyl (C=O) groups excluding carboxylic acids is 1. The molecule has 4 nitrogen and oxygen atoms in total. The lowest BCUT2D eigenvalue weighted by atomic mass is 10.1. The quantitative estimate of drug-likeness (QED) is 0.792. The maximum Gasteiger partial charge on any atom is 0.247 e. The van der Waals surface area contributed by atoms with Gasteiger partial charge in [-0.05, 0) is 36.5 Å². The fourth-order valence-electron chi connectivity index (χ4n) is 2.21. The van der Waals surface area contributed by atoms with Crippen molar-refractivity contribution in [3.05, 3.63) is 23.8 Å². The van der Waals surface area contributed by atoms with Crippen LogP contribution in [0.4, 0.5) is 5.69 Å². The van der Waals surface area contributed by atoms with Crippen LogP contribution in [0.5, 0.6) is 5.75 Å². The van der Waals surface area contributed by atoms with E-state index in [2.05, 4.69) is 12.1 Å². The van der Waals surface area contributed by atoms with E-state index in [0.29, 0.717) is 5.92 Å². The topological polar surface area (TPSA) is 55.6 Å². The maximum atomic E-state index is 11.9. The lowest BCUT2D eigenvalue weighted by Gasteiger charge is -2.17. The van der Waals surface area contributed by atoms with Crippen molar-refractivity contribution >= 4 is 11.6 Å². The highest BCUT2D eigenvalue weighted by Crippen LogP contribution is 2.43. The molecular weight excluding hydrogens is 216 g/mol. The van der Waals surface area contributed by atoms with Crippen LogP contribution in [0, 0.1) is 0 Å². The molecule has 1 atom stereocenters. The number of hydrogen-bond acceptors (Lipinski definition) is 3. The molecule has 1 aliphatic heterocycles. The van der Waals surface area contributed by atoms with Gasteiger partial charge in [0.15, 0.2) is 0 Å². The largest absolute Gasteiger partial charge is 0.489 e. The first-order valence-electron chi connectivity index (χ1n) is 5.96. The van der Waals surface area contributed by atoms with Gasteiger partial charge in [0, 0.05) is 7.05 Å². The number of rotatable bonds is 1. The number of fused-ring (bicyclic) bond motifs is 1. The van der Waals surface area contributed by atoms with Crippen molar-refractivity contribution in [1.82, 2.24) is 0 Å². The first-order chi connectivity index (χ1) is 8.16. The van der Waals surface area contributed by atoms with Crippen LogP contribution < -0.4 is 15.4 Å². The minimum absolute atomic E-state index is 0.0945. The van der Waals surface area contributed by atoms with Crippen LogP contribution in [0.25, 0.3) is 0 Å². The molecule has 0 spiro atoms. The number of anilines is 1. The molecule has 2 aliphatic rings. The molecule has 3 rings (SSSR count). The van der Waals surface area contributed by atoms with E-state index in [-0.39, 0.29) is 12.5 Å². The van der Waals surface area contributed by atoms with Gasteiger partial charge in [-0.25, -0.2) is 0 Å². The summed E-state index contributed by atoms with van der Waals surface area (Å²) in [4.78, 5) is 13.4. The number of nitrogens with zero attached hydrogens (tertiary/aromatic N) is 1. The lowest BCUT2D eigenvalue weighted by Crippen LogP contribution is -2.43. The van der Waals surface area contributed by atoms with Gasteiger partial charge >= 0.3 is 0 Å². The Morgan fingerprint density at radius 3 is 2.88 bits per heavy atom. The molecule has 1 aromatic carbocycles. The fraction of sp³-hybridized carbons (Fsp3) is 0.462. The average molecular weight is 232 g/mol. The van der Waals surface area contributed by atoms with Gasteiger partial charge in [-0.2, -0.15) is 0 Å². The number of benzene rings is 1. The van der Waals surface area contributed by atoms with Crippen molar-refractivity contribution in [3.63, 3.8) is 0 Å². The van der Waals surface area contributed by atoms with E-state index >= 15 is 0 Å². The molecule has 1 amide bonds. The molecule has 1 fully saturated rings. The molecule has 4 heteroatoms. The zero-order chi connectivity index (χ0) is 12.0. The van der Waals surface area contributed by atoms with Crippen molar-refractivity contribution < 1.29 is 9.53 Å². The Kier molecular flexibility index (Phi) is 2.33. The minimum atomic E-state index is -0.572. The van der Waals surface area contributed by atoms with Crippen molar-refractivity contribution in [2.24, 2.45) is 5.73 Å². The Morgan fingerprint density at radius 2 is 2.18 bits per heavy atom. The van der Waals surface area contributed by atoms with Crippen LogP contribution >= 0.6 is 0 Å². The molecule has 0 radical (unpaired) electrons. The second kappa shape index (κ2) is 3.74. The number of nitrogens with two attached hydrogens (primary N) is 1. The lowest BCUT2D eigenvalue weighted by molar-refractivity contribution is -0.119. The van der Waals surface area contributed by atoms with Gasteiger partial charge in [-0.15, -0.1) is 0 Å². The van der Waals surface area contributed by atoms with Crippen LogP contribution in [0.3, 0.4) is 0 Å². The maximum absolute atomic E-state index is 11.9. The smallest absolute Gasteiger partial charge is 0.247 e. The third kappa shape index (κ3) is 1.78. The van der Waals surface area contributed by atoms with E-state index < -0.39 is 6.04 Å². The standard InChI is InChI=1S/C13H16N2O2/c1-15-11-5-4-9(8-2-3-8)6-12(11)17-7-10(14)13(15)16/h4-6,8,10H,2-3,7,14H2,1H3/t10-/m0/s1. The summed E-state index contributed by atoms with van der Waals surface area (Å²) < 4.78 is 5.63. The third-order valence-corrected chi connectivity index (χ3v) is 3.46. The second-order valence-corrected chi connectivity index (χ2v) is 4.82. The number of likely N-dealkylation sites (N-methyl/N-ethyl adjacent to an activating group) is 1. The van der Waals surface area contributed by atoms with Crippen LogP contribution in [0.2, 0.25) is 0 Å². The van der Waals surface area contributed by atoms with E-state index in [0.717, 1.165) is 11.4 Å². The zero-order valence-corrected chi connectivity index (χ0v) is 9.85. The highest BCUT2D eigenvalue weighted by atomic mass is 16.5. The minimum Gasteiger partial charge on any atom is -0.489 e. The normalized spacial score (nSPS) is 24.0. The van der Waals surface area contributed by atoms with E-state index in [1.807, 2.05) is 6.07 Å². The molecule has 0 saturated heterocycles. The van der Waals surface area contributed by atoms with Gasteiger partial charge in [-0.1, -0.05) is 6.07 Å². The summed E-state index contributed by atoms with van der Waals surface area (Å²) in [6.07, 6.45) is 2.51. The van der Waals surface area contributed by atoms with Crippen molar-refractivity contribution in [1.29, 1.82) is 0 Å². The van der Waals surface area contributed by atoms with Crippen molar-refractivity contribution in [2.75, 3.05) is 18.6 Å². The molecule has 90 valence electrons. The first-order valence-corrected chi connectivity index (χ1v) is 5.96. The summed E-state index contributed by atoms with van der Waals surface area (Å²) >= 11 is 0. The van der Waals surface area contributed by atoms with Crippen molar-refractivity contribution in [3.8, 4) is 5.75 Å². The molecule has 1 aromatic rings. The van der Waals surface area contributed by atoms with Crippen LogP contribution in [-0.4, -0.2) is 25.6 Å². The second-order valence-electron chi connectivity index (χ2n) is 4.82. The molecule has 0 unspecified atom stereocenters. The number of ether oxygens (including phenoxy) is 1. The average Bonchev–Trinajstić information content (AvgIpc) is 3.17. The summed E-state index contributed by atoms with van der Waals surface area (Å²) in [7, 11) is 1.74. The molecule has 1 heterocycles. The highest BCUT2D eigenvalue weighted by molar-refractivity contribution is 5.98. The monoisotopic (exact) mass is 232 g/mol. The zero-order valence-electron chi connectivity index (χ0n) is 9.85. The van der Waals surface area contributed by atoms with Gasteiger partial charge in [0.05, 0.1) is 5.69 Å². The Morgan fingerprint density at radius 1 is 1.41 bits per heavy atom. The number of carbonyl (C=O) groups is 1. The summed E-state index contributed by atoms with van der Waals surface area (Å²) in [6.45, 7) is 0.254. The summed E-state index contributed by atoms with van der Waals surface area (Å²) in [5.41, 5.74) is 7.86. The van der Waals surface area contributed by atoms with E-state index in [4.69, 9.17) is 10.5 Å². The summed E-state index contributed by atoms with van der Waals surface area (Å²) in [5.74, 6) is 1.36. The fourth-order valence-corrected chi connectivity index (χ4v) is 2.21. The molecule has 2 N–H and O–H groups in total. The highest BCUT2D eigenvalue weighted by Gasteiger charge is 2.29. The number of amides is 1. The van der Waals surface area contributed by atoms with Gasteiger partial charge in [-0.3, -0.25) is 4.79 Å². The number of hydrogen-bond donors (Lipinski definition) is 1. The summed E-state index contributed by atoms with van der Waals surface area (Å²) in [5, 5.41) is 0. The van der Waals surface area contributed by atoms with Crippen LogP contribution in [-0.2, 0) is 4.79 Å². The first kappa shape index (κ1) is 10.6. The Labute approximate surface area is 100 Å². The Bertz CT molecular complexity index is 468. The predicted molar refractivity (Wildman–Crippen MR) is 65.3 cm³/mol. The molecule has 1 aliphatic carbocycles. The predicted octanol–water partition coefficient (Wildman–Crippen LogP) is 1.25. The van der Waals surface area contributed by atoms with Gasteiger partial charge in [0.2, 0.25) is 5.91 Å².